The molecule has 0 radical (unpaired) electrons. The fourth-order valence-corrected chi connectivity index (χ4v) is 4.32. The van der Waals surface area contributed by atoms with Crippen LogP contribution in [0.2, 0.25) is 0 Å². The zero-order valence-electron chi connectivity index (χ0n) is 11.4. The molecule has 1 aromatic carbocycles. The summed E-state index contributed by atoms with van der Waals surface area (Å²) in [6, 6.07) is 13.7. The van der Waals surface area contributed by atoms with Crippen LogP contribution in [-0.2, 0) is 0 Å². The van der Waals surface area contributed by atoms with Crippen LogP contribution in [0.5, 0.6) is 0 Å². The van der Waals surface area contributed by atoms with E-state index in [-0.39, 0.29) is 11.7 Å². The number of carbonyl (C=O) groups is 2. The number of carbonyl (C=O) groups excluding carboxylic acids is 2. The summed E-state index contributed by atoms with van der Waals surface area (Å²) in [5.41, 5.74) is 0.931. The highest BCUT2D eigenvalue weighted by Gasteiger charge is 2.20. The summed E-state index contributed by atoms with van der Waals surface area (Å²) in [6.07, 6.45) is 1.64. The Labute approximate surface area is 134 Å². The van der Waals surface area contributed by atoms with Crippen LogP contribution in [-0.4, -0.2) is 12.6 Å². The number of aldehydes is 2. The van der Waals surface area contributed by atoms with Gasteiger partial charge < -0.3 is 0 Å². The van der Waals surface area contributed by atoms with E-state index in [2.05, 4.69) is 0 Å². The first-order chi connectivity index (χ1) is 10.7. The lowest BCUT2D eigenvalue weighted by atomic mass is 9.96. The second kappa shape index (κ2) is 6.34. The number of hydrogen-bond donors (Lipinski definition) is 0. The number of hydrogen-bond acceptors (Lipinski definition) is 4. The van der Waals surface area contributed by atoms with Crippen molar-refractivity contribution in [1.82, 2.24) is 0 Å². The van der Waals surface area contributed by atoms with Crippen LogP contribution in [0.25, 0.3) is 0 Å². The maximum Gasteiger partial charge on any atom is 0.160 e. The summed E-state index contributed by atoms with van der Waals surface area (Å²) in [6.45, 7) is 0. The van der Waals surface area contributed by atoms with Gasteiger partial charge in [0.25, 0.3) is 0 Å². The molecule has 3 aromatic rings. The van der Waals surface area contributed by atoms with Crippen LogP contribution >= 0.6 is 22.7 Å². The first-order valence-corrected chi connectivity index (χ1v) is 8.20. The third-order valence-electron chi connectivity index (χ3n) is 3.30. The highest BCUT2D eigenvalue weighted by atomic mass is 32.1. The van der Waals surface area contributed by atoms with Crippen molar-refractivity contribution in [2.75, 3.05) is 0 Å². The van der Waals surface area contributed by atoms with Gasteiger partial charge in [-0.25, -0.2) is 4.39 Å². The largest absolute Gasteiger partial charge is 0.297 e. The van der Waals surface area contributed by atoms with Gasteiger partial charge in [0.15, 0.2) is 12.6 Å². The van der Waals surface area contributed by atoms with E-state index in [0.29, 0.717) is 9.75 Å². The number of thiophene rings is 2. The number of halogens is 1. The molecule has 2 nitrogen and oxygen atoms in total. The van der Waals surface area contributed by atoms with E-state index < -0.39 is 0 Å². The fraction of sp³-hybridized carbons (Fsp3) is 0.0588. The molecule has 22 heavy (non-hydrogen) atoms. The smallest absolute Gasteiger partial charge is 0.160 e. The van der Waals surface area contributed by atoms with Gasteiger partial charge in [0.1, 0.15) is 5.82 Å². The Balaban J connectivity index is 2.10. The molecule has 0 aliphatic carbocycles. The molecular weight excluding hydrogens is 319 g/mol. The number of rotatable bonds is 5. The van der Waals surface area contributed by atoms with Crippen molar-refractivity contribution in [3.63, 3.8) is 0 Å². The molecule has 0 amide bonds. The molecule has 0 saturated heterocycles. The lowest BCUT2D eigenvalue weighted by molar-refractivity contribution is 0.111. The van der Waals surface area contributed by atoms with Gasteiger partial charge in [-0.2, -0.15) is 0 Å². The molecule has 0 spiro atoms. The molecule has 0 saturated carbocycles. The molecule has 0 aliphatic rings. The van der Waals surface area contributed by atoms with Crippen LogP contribution < -0.4 is 0 Å². The van der Waals surface area contributed by atoms with Crippen molar-refractivity contribution in [2.24, 2.45) is 0 Å². The predicted molar refractivity (Wildman–Crippen MR) is 86.8 cm³/mol. The van der Waals surface area contributed by atoms with Gasteiger partial charge in [-0.05, 0) is 42.0 Å². The average molecular weight is 330 g/mol. The van der Waals surface area contributed by atoms with Crippen molar-refractivity contribution >= 4 is 35.2 Å². The van der Waals surface area contributed by atoms with E-state index >= 15 is 0 Å². The molecule has 2 aromatic heterocycles. The van der Waals surface area contributed by atoms with E-state index in [9.17, 15) is 14.0 Å². The second-order valence-corrected chi connectivity index (χ2v) is 6.99. The summed E-state index contributed by atoms with van der Waals surface area (Å²) in [5.74, 6) is -0.389. The Hall–Kier alpha value is -2.11. The summed E-state index contributed by atoms with van der Waals surface area (Å²) in [5, 5.41) is 0. The molecule has 0 atom stereocenters. The topological polar surface area (TPSA) is 34.1 Å². The molecule has 0 unspecified atom stereocenters. The summed E-state index contributed by atoms with van der Waals surface area (Å²) in [7, 11) is 0. The van der Waals surface area contributed by atoms with Crippen molar-refractivity contribution in [2.45, 2.75) is 5.92 Å². The van der Waals surface area contributed by atoms with Crippen LogP contribution in [0.15, 0.2) is 48.5 Å². The van der Waals surface area contributed by atoms with E-state index in [4.69, 9.17) is 0 Å². The number of benzene rings is 1. The Morgan fingerprint density at radius 2 is 1.27 bits per heavy atom. The summed E-state index contributed by atoms with van der Waals surface area (Å²) >= 11 is 2.82. The minimum absolute atomic E-state index is 0.0991. The van der Waals surface area contributed by atoms with Gasteiger partial charge in [0.2, 0.25) is 0 Å². The molecule has 3 rings (SSSR count). The Kier molecular flexibility index (Phi) is 4.27. The van der Waals surface area contributed by atoms with E-state index in [1.54, 1.807) is 24.3 Å². The Morgan fingerprint density at radius 1 is 0.773 bits per heavy atom. The average Bonchev–Trinajstić information content (AvgIpc) is 3.19. The monoisotopic (exact) mass is 330 g/mol. The molecule has 0 fully saturated rings. The maximum atomic E-state index is 13.2. The van der Waals surface area contributed by atoms with Crippen LogP contribution in [0, 0.1) is 5.82 Å². The van der Waals surface area contributed by atoms with Gasteiger partial charge in [-0.3, -0.25) is 9.59 Å². The lowest BCUT2D eigenvalue weighted by Crippen LogP contribution is -1.99. The predicted octanol–water partition coefficient (Wildman–Crippen LogP) is 4.75. The molecule has 5 heteroatoms. The van der Waals surface area contributed by atoms with Gasteiger partial charge in [-0.15, -0.1) is 22.7 Å². The molecule has 0 N–H and O–H groups in total. The van der Waals surface area contributed by atoms with Crippen LogP contribution in [0.1, 0.15) is 40.6 Å². The van der Waals surface area contributed by atoms with Gasteiger partial charge >= 0.3 is 0 Å². The van der Waals surface area contributed by atoms with Crippen LogP contribution in [0.3, 0.4) is 0 Å². The van der Waals surface area contributed by atoms with E-state index in [0.717, 1.165) is 27.9 Å². The van der Waals surface area contributed by atoms with Crippen molar-refractivity contribution in [1.29, 1.82) is 0 Å². The molecule has 2 heterocycles. The van der Waals surface area contributed by atoms with Crippen molar-refractivity contribution in [3.8, 4) is 0 Å². The zero-order valence-corrected chi connectivity index (χ0v) is 13.0. The van der Waals surface area contributed by atoms with Gasteiger partial charge in [0.05, 0.1) is 15.7 Å². The Bertz CT molecular complexity index is 756. The van der Waals surface area contributed by atoms with Crippen LogP contribution in [0.4, 0.5) is 4.39 Å². The third kappa shape index (κ3) is 2.91. The quantitative estimate of drug-likeness (QED) is 0.632. The maximum absolute atomic E-state index is 13.2. The normalized spacial score (nSPS) is 10.8. The fourth-order valence-electron chi connectivity index (χ4n) is 2.30. The zero-order chi connectivity index (χ0) is 15.5. The second-order valence-electron chi connectivity index (χ2n) is 4.70. The lowest BCUT2D eigenvalue weighted by Gasteiger charge is -2.14. The minimum Gasteiger partial charge on any atom is -0.297 e. The SMILES string of the molecule is O=Cc1ccc(C(c2ccc(F)cc2)c2ccc(C=O)s2)s1. The van der Waals surface area contributed by atoms with Crippen molar-refractivity contribution in [3.05, 3.63) is 79.4 Å². The third-order valence-corrected chi connectivity index (χ3v) is 5.45. The van der Waals surface area contributed by atoms with Gasteiger partial charge in [0, 0.05) is 9.75 Å². The molecule has 0 aliphatic heterocycles. The van der Waals surface area contributed by atoms with Crippen molar-refractivity contribution < 1.29 is 14.0 Å². The molecular formula is C17H11FO2S2. The first kappa shape index (κ1) is 14.8. The highest BCUT2D eigenvalue weighted by molar-refractivity contribution is 7.15. The molecule has 0 bridgehead atoms. The molecule has 110 valence electrons. The summed E-state index contributed by atoms with van der Waals surface area (Å²) < 4.78 is 13.2. The van der Waals surface area contributed by atoms with E-state index in [1.165, 1.54) is 34.8 Å². The minimum atomic E-state index is -0.290. The summed E-state index contributed by atoms with van der Waals surface area (Å²) in [4.78, 5) is 25.1. The first-order valence-electron chi connectivity index (χ1n) is 6.56. The van der Waals surface area contributed by atoms with Gasteiger partial charge in [-0.1, -0.05) is 12.1 Å². The standard InChI is InChI=1S/C17H11FO2S2/c18-12-3-1-11(2-4-12)17(15-7-5-13(9-19)21-15)16-8-6-14(10-20)22-16/h1-10,17H. The highest BCUT2D eigenvalue weighted by Crippen LogP contribution is 2.38. The van der Waals surface area contributed by atoms with E-state index in [1.807, 2.05) is 12.1 Å². The Morgan fingerprint density at radius 3 is 1.68 bits per heavy atom.